The van der Waals surface area contributed by atoms with Crippen molar-refractivity contribution in [3.05, 3.63) is 54.2 Å². The third kappa shape index (κ3) is 6.15. The minimum atomic E-state index is -4.72. The van der Waals surface area contributed by atoms with Gasteiger partial charge in [-0.3, -0.25) is 4.79 Å². The van der Waals surface area contributed by atoms with Crippen LogP contribution in [0.3, 0.4) is 0 Å². The number of methoxy groups -OCH3 is 1. The first-order valence-electron chi connectivity index (χ1n) is 12.5. The summed E-state index contributed by atoms with van der Waals surface area (Å²) in [4.78, 5) is 13.8. The van der Waals surface area contributed by atoms with E-state index in [9.17, 15) is 22.4 Å². The Balaban J connectivity index is 1.64. The smallest absolute Gasteiger partial charge is 0.417 e. The molecule has 212 valence electrons. The van der Waals surface area contributed by atoms with Crippen molar-refractivity contribution < 1.29 is 27.1 Å². The van der Waals surface area contributed by atoms with E-state index < -0.39 is 24.0 Å². The van der Waals surface area contributed by atoms with Crippen LogP contribution in [0.5, 0.6) is 5.75 Å². The molecule has 1 aliphatic rings. The fourth-order valence-corrected chi connectivity index (χ4v) is 4.52. The zero-order valence-electron chi connectivity index (χ0n) is 22.3. The third-order valence-corrected chi connectivity index (χ3v) is 6.66. The molecule has 1 amide bonds. The molecule has 0 unspecified atom stereocenters. The van der Waals surface area contributed by atoms with Crippen LogP contribution in [0.15, 0.2) is 43.0 Å². The normalized spacial score (nSPS) is 17.6. The first-order valence-corrected chi connectivity index (χ1v) is 12.5. The maximum Gasteiger partial charge on any atom is 0.417 e. The van der Waals surface area contributed by atoms with Crippen molar-refractivity contribution in [2.24, 2.45) is 0 Å². The molecule has 3 N–H and O–H groups in total. The zero-order valence-corrected chi connectivity index (χ0v) is 22.3. The van der Waals surface area contributed by atoms with E-state index in [1.807, 2.05) is 11.9 Å². The average molecular weight is 559 g/mol. The number of carbonyl (C=O) groups excluding carboxylic acids is 1. The molecule has 40 heavy (non-hydrogen) atoms. The molecular formula is C28H30F4N6O2. The van der Waals surface area contributed by atoms with E-state index >= 15 is 0 Å². The monoisotopic (exact) mass is 558 g/mol. The van der Waals surface area contributed by atoms with Crippen molar-refractivity contribution in [1.82, 2.24) is 20.0 Å². The number of amides is 1. The molecule has 0 bridgehead atoms. The van der Waals surface area contributed by atoms with Gasteiger partial charge >= 0.3 is 6.18 Å². The van der Waals surface area contributed by atoms with Gasteiger partial charge in [-0.05, 0) is 37.7 Å². The second-order valence-corrected chi connectivity index (χ2v) is 9.39. The Morgan fingerprint density at radius 1 is 1.25 bits per heavy atom. The molecule has 2 atom stereocenters. The van der Waals surface area contributed by atoms with Crippen molar-refractivity contribution in [2.75, 3.05) is 51.5 Å². The number of halogens is 4. The number of allylic oxidation sites excluding steroid dienone is 1. The highest BCUT2D eigenvalue weighted by atomic mass is 19.4. The zero-order chi connectivity index (χ0) is 29.0. The number of likely N-dealkylation sites (tertiary alicyclic amines) is 1. The number of nitrogens with one attached hydrogen (secondary N) is 3. The Kier molecular flexibility index (Phi) is 8.54. The van der Waals surface area contributed by atoms with Crippen molar-refractivity contribution >= 4 is 33.8 Å². The van der Waals surface area contributed by atoms with Gasteiger partial charge < -0.3 is 25.6 Å². The summed E-state index contributed by atoms with van der Waals surface area (Å²) in [6.45, 7) is 4.26. The number of hydrogen-bond donors (Lipinski definition) is 3. The number of benzene rings is 2. The Hall–Kier alpha value is -4.24. The highest BCUT2D eigenvalue weighted by Crippen LogP contribution is 2.38. The van der Waals surface area contributed by atoms with Gasteiger partial charge in [0.25, 0.3) is 5.91 Å². The third-order valence-electron chi connectivity index (χ3n) is 6.66. The van der Waals surface area contributed by atoms with E-state index in [2.05, 4.69) is 39.6 Å². The second kappa shape index (κ2) is 11.9. The Morgan fingerprint density at radius 2 is 2.02 bits per heavy atom. The van der Waals surface area contributed by atoms with E-state index in [1.165, 1.54) is 20.2 Å². The average Bonchev–Trinajstić information content (AvgIpc) is 3.30. The molecule has 1 saturated heterocycles. The number of ether oxygens (including phenoxy) is 1. The lowest BCUT2D eigenvalue weighted by Crippen LogP contribution is -2.46. The lowest BCUT2D eigenvalue weighted by molar-refractivity contribution is -0.0689. The number of alkyl halides is 4. The van der Waals surface area contributed by atoms with Gasteiger partial charge in [-0.15, -0.1) is 0 Å². The molecule has 0 aliphatic carbocycles. The second-order valence-electron chi connectivity index (χ2n) is 9.39. The van der Waals surface area contributed by atoms with Crippen molar-refractivity contribution in [2.45, 2.75) is 24.8 Å². The van der Waals surface area contributed by atoms with Crippen molar-refractivity contribution in [3.8, 4) is 17.7 Å². The van der Waals surface area contributed by atoms with Crippen LogP contribution in [0.4, 0.5) is 28.9 Å². The summed E-state index contributed by atoms with van der Waals surface area (Å²) < 4.78 is 62.3. The van der Waals surface area contributed by atoms with Gasteiger partial charge in [0, 0.05) is 37.1 Å². The minimum absolute atomic E-state index is 0.0358. The lowest BCUT2D eigenvalue weighted by atomic mass is 10.0. The van der Waals surface area contributed by atoms with Gasteiger partial charge in [-0.1, -0.05) is 24.6 Å². The predicted molar refractivity (Wildman–Crippen MR) is 147 cm³/mol. The molecule has 0 radical (unpaired) electrons. The Labute approximate surface area is 229 Å². The molecule has 1 aromatic heterocycles. The van der Waals surface area contributed by atoms with E-state index in [4.69, 9.17) is 4.74 Å². The summed E-state index contributed by atoms with van der Waals surface area (Å²) in [5.41, 5.74) is 0.224. The summed E-state index contributed by atoms with van der Waals surface area (Å²) in [7, 11) is 4.80. The standard InChI is InChI=1S/C28H30F4N6O2/c1-17(28(30,31)32)26-19-7-5-8-23(35-21-11-14-37(3)16-20(21)29)25(19)36-38(26)13-6-12-34-22-10-9-18(27(39)33-2)15-24(22)40-4/h5,7-10,15,20-21,34-35H,1,11-12,14,16H2,2-4H3,(H,33,39)/t20-,21+/m0/s1. The van der Waals surface area contributed by atoms with Gasteiger partial charge in [0.1, 0.15) is 17.4 Å². The SMILES string of the molecule is C=C(c1c2cccc(N[C@@H]3CCN(C)C[C@@H]3F)c2nn1C#CCNc1ccc(C(=O)NC)cc1OC)C(F)(F)F. The van der Waals surface area contributed by atoms with Crippen LogP contribution in [0.2, 0.25) is 0 Å². The molecule has 4 rings (SSSR count). The Morgan fingerprint density at radius 3 is 2.70 bits per heavy atom. The van der Waals surface area contributed by atoms with Crippen LogP contribution in [0, 0.1) is 12.0 Å². The number of fused-ring (bicyclic) bond motifs is 1. The van der Waals surface area contributed by atoms with Gasteiger partial charge in [0.15, 0.2) is 0 Å². The number of carbonyl (C=O) groups is 1. The van der Waals surface area contributed by atoms with Crippen molar-refractivity contribution in [3.63, 3.8) is 0 Å². The van der Waals surface area contributed by atoms with Crippen LogP contribution in [0.25, 0.3) is 16.5 Å². The molecule has 3 aromatic rings. The highest BCUT2D eigenvalue weighted by Gasteiger charge is 2.37. The number of anilines is 2. The van der Waals surface area contributed by atoms with E-state index in [1.54, 1.807) is 30.3 Å². The number of aromatic nitrogens is 2. The largest absolute Gasteiger partial charge is 0.495 e. The number of rotatable bonds is 7. The topological polar surface area (TPSA) is 83.5 Å². The summed E-state index contributed by atoms with van der Waals surface area (Å²) in [5, 5.41) is 13.3. The van der Waals surface area contributed by atoms with Crippen LogP contribution in [-0.4, -0.2) is 79.8 Å². The first kappa shape index (κ1) is 28.8. The van der Waals surface area contributed by atoms with E-state index in [0.717, 1.165) is 4.68 Å². The van der Waals surface area contributed by atoms with Crippen molar-refractivity contribution in [1.29, 1.82) is 0 Å². The fourth-order valence-electron chi connectivity index (χ4n) is 4.52. The van der Waals surface area contributed by atoms with Crippen LogP contribution >= 0.6 is 0 Å². The van der Waals surface area contributed by atoms with Gasteiger partial charge in [0.05, 0.1) is 42.3 Å². The molecule has 1 fully saturated rings. The van der Waals surface area contributed by atoms with E-state index in [-0.39, 0.29) is 35.6 Å². The van der Waals surface area contributed by atoms with Crippen LogP contribution in [0.1, 0.15) is 22.5 Å². The maximum atomic E-state index is 14.7. The van der Waals surface area contributed by atoms with E-state index in [0.29, 0.717) is 35.7 Å². The predicted octanol–water partition coefficient (Wildman–Crippen LogP) is 4.36. The van der Waals surface area contributed by atoms with Gasteiger partial charge in [-0.2, -0.15) is 23.0 Å². The Bertz CT molecular complexity index is 1470. The number of nitrogens with zero attached hydrogens (tertiary/aromatic N) is 3. The molecule has 0 spiro atoms. The first-order chi connectivity index (χ1) is 19.0. The molecular weight excluding hydrogens is 528 g/mol. The molecule has 12 heteroatoms. The molecule has 2 heterocycles. The van der Waals surface area contributed by atoms with Gasteiger partial charge in [-0.25, -0.2) is 4.39 Å². The molecule has 8 nitrogen and oxygen atoms in total. The quantitative estimate of drug-likeness (QED) is 0.296. The summed E-state index contributed by atoms with van der Waals surface area (Å²) in [6, 6.07) is 11.7. The number of piperidine rings is 1. The maximum absolute atomic E-state index is 14.7. The molecule has 1 aliphatic heterocycles. The minimum Gasteiger partial charge on any atom is -0.495 e. The number of hydrogen-bond acceptors (Lipinski definition) is 6. The highest BCUT2D eigenvalue weighted by molar-refractivity contribution is 5.98. The fraction of sp³-hybridized carbons (Fsp3) is 0.357. The molecule has 2 aromatic carbocycles. The van der Waals surface area contributed by atoms with Crippen LogP contribution < -0.4 is 20.7 Å². The molecule has 0 saturated carbocycles. The van der Waals surface area contributed by atoms with Crippen LogP contribution in [-0.2, 0) is 0 Å². The van der Waals surface area contributed by atoms with Gasteiger partial charge in [0.2, 0.25) is 0 Å². The summed E-state index contributed by atoms with van der Waals surface area (Å²) in [6.07, 6.45) is -5.32. The lowest BCUT2D eigenvalue weighted by Gasteiger charge is -2.33. The summed E-state index contributed by atoms with van der Waals surface area (Å²) in [5.74, 6) is 2.90. The summed E-state index contributed by atoms with van der Waals surface area (Å²) >= 11 is 0.